The molecule has 0 radical (unpaired) electrons. The number of ether oxygens (including phenoxy) is 1. The van der Waals surface area contributed by atoms with Crippen LogP contribution in [0.4, 0.5) is 0 Å². The van der Waals surface area contributed by atoms with Crippen LogP contribution in [0.1, 0.15) is 5.56 Å². The molecule has 0 amide bonds. The van der Waals surface area contributed by atoms with E-state index in [1.165, 1.54) is 0 Å². The van der Waals surface area contributed by atoms with Crippen molar-refractivity contribution in [3.63, 3.8) is 0 Å². The maximum absolute atomic E-state index is 6.10. The summed E-state index contributed by atoms with van der Waals surface area (Å²) in [7, 11) is 0. The highest BCUT2D eigenvalue weighted by Gasteiger charge is 2.14. The van der Waals surface area contributed by atoms with Crippen LogP contribution in [-0.2, 0) is 4.74 Å². The topological polar surface area (TPSA) is 90.5 Å². The average molecular weight is 260 g/mol. The third-order valence-corrected chi connectivity index (χ3v) is 3.05. The molecule has 1 heterocycles. The zero-order chi connectivity index (χ0) is 13.7. The zero-order valence-electron chi connectivity index (χ0n) is 10.9. The van der Waals surface area contributed by atoms with Crippen LogP contribution in [0.25, 0.3) is 5.70 Å². The van der Waals surface area contributed by atoms with E-state index in [0.717, 1.165) is 24.4 Å². The normalized spacial score (nSPS) is 16.2. The molecule has 0 unspecified atom stereocenters. The number of rotatable bonds is 3. The van der Waals surface area contributed by atoms with Crippen molar-refractivity contribution >= 4 is 5.70 Å². The Kier molecular flexibility index (Phi) is 4.30. The van der Waals surface area contributed by atoms with Gasteiger partial charge in [-0.25, -0.2) is 0 Å². The zero-order valence-corrected chi connectivity index (χ0v) is 10.9. The van der Waals surface area contributed by atoms with Gasteiger partial charge in [-0.05, 0) is 11.6 Å². The summed E-state index contributed by atoms with van der Waals surface area (Å²) < 4.78 is 5.32. The number of benzene rings is 1. The van der Waals surface area contributed by atoms with Gasteiger partial charge in [0.15, 0.2) is 0 Å². The summed E-state index contributed by atoms with van der Waals surface area (Å²) in [5, 5.41) is 0. The molecule has 1 fully saturated rings. The Balaban J connectivity index is 2.24. The van der Waals surface area contributed by atoms with Crippen molar-refractivity contribution in [2.75, 3.05) is 26.3 Å². The molecule has 1 aromatic carbocycles. The SMILES string of the molecule is NC(N)=C(/C=C(\N)c1ccccc1)N1CCOCC1. The molecule has 5 nitrogen and oxygen atoms in total. The van der Waals surface area contributed by atoms with Crippen molar-refractivity contribution in [1.82, 2.24) is 4.90 Å². The molecule has 0 aromatic heterocycles. The van der Waals surface area contributed by atoms with Crippen LogP contribution in [0.3, 0.4) is 0 Å². The number of nitrogens with zero attached hydrogens (tertiary/aromatic N) is 1. The monoisotopic (exact) mass is 260 g/mol. The Bertz CT molecular complexity index is 471. The summed E-state index contributed by atoms with van der Waals surface area (Å²) in [6.07, 6.45) is 1.83. The quantitative estimate of drug-likeness (QED) is 0.685. The van der Waals surface area contributed by atoms with Gasteiger partial charge in [-0.15, -0.1) is 0 Å². The summed E-state index contributed by atoms with van der Waals surface area (Å²) in [5.41, 5.74) is 20.0. The van der Waals surface area contributed by atoms with E-state index in [0.29, 0.717) is 18.9 Å². The fourth-order valence-corrected chi connectivity index (χ4v) is 2.02. The van der Waals surface area contributed by atoms with E-state index in [1.54, 1.807) is 0 Å². The van der Waals surface area contributed by atoms with Crippen LogP contribution in [-0.4, -0.2) is 31.2 Å². The first kappa shape index (κ1) is 13.3. The van der Waals surface area contributed by atoms with Crippen LogP contribution >= 0.6 is 0 Å². The Hall–Kier alpha value is -2.14. The summed E-state index contributed by atoms with van der Waals surface area (Å²) in [5.74, 6) is 0.279. The highest BCUT2D eigenvalue weighted by Crippen LogP contribution is 2.15. The molecule has 1 aliphatic rings. The van der Waals surface area contributed by atoms with E-state index in [9.17, 15) is 0 Å². The van der Waals surface area contributed by atoms with Crippen molar-refractivity contribution in [3.05, 3.63) is 53.5 Å². The van der Waals surface area contributed by atoms with Gasteiger partial charge >= 0.3 is 0 Å². The van der Waals surface area contributed by atoms with Crippen LogP contribution in [0.2, 0.25) is 0 Å². The molecule has 1 aromatic rings. The summed E-state index contributed by atoms with van der Waals surface area (Å²) in [6.45, 7) is 2.89. The van der Waals surface area contributed by atoms with Crippen molar-refractivity contribution in [2.45, 2.75) is 0 Å². The van der Waals surface area contributed by atoms with Gasteiger partial charge in [-0.1, -0.05) is 30.3 Å². The van der Waals surface area contributed by atoms with Crippen LogP contribution in [0.5, 0.6) is 0 Å². The number of allylic oxidation sites excluding steroid dienone is 1. The molecule has 0 spiro atoms. The van der Waals surface area contributed by atoms with Gasteiger partial charge in [0.1, 0.15) is 5.82 Å². The van der Waals surface area contributed by atoms with Crippen molar-refractivity contribution < 1.29 is 4.74 Å². The molecule has 0 bridgehead atoms. The Labute approximate surface area is 113 Å². The van der Waals surface area contributed by atoms with Crippen molar-refractivity contribution in [3.8, 4) is 0 Å². The average Bonchev–Trinajstić information content (AvgIpc) is 2.46. The molecule has 102 valence electrons. The van der Waals surface area contributed by atoms with Gasteiger partial charge in [-0.2, -0.15) is 0 Å². The van der Waals surface area contributed by atoms with Gasteiger partial charge in [0.25, 0.3) is 0 Å². The number of hydrogen-bond donors (Lipinski definition) is 3. The lowest BCUT2D eigenvalue weighted by molar-refractivity contribution is 0.0549. The van der Waals surface area contributed by atoms with E-state index in [1.807, 2.05) is 36.4 Å². The smallest absolute Gasteiger partial charge is 0.118 e. The lowest BCUT2D eigenvalue weighted by Gasteiger charge is -2.30. The molecule has 19 heavy (non-hydrogen) atoms. The minimum Gasteiger partial charge on any atom is -0.398 e. The third-order valence-electron chi connectivity index (χ3n) is 3.05. The standard InChI is InChI=1S/C14H20N4O/c15-12(11-4-2-1-3-5-11)10-13(14(16)17)18-6-8-19-9-7-18/h1-5,10H,6-9,15-17H2/b12-10-. The van der Waals surface area contributed by atoms with Gasteiger partial charge in [-0.3, -0.25) is 0 Å². The fourth-order valence-electron chi connectivity index (χ4n) is 2.02. The molecule has 5 heteroatoms. The highest BCUT2D eigenvalue weighted by molar-refractivity contribution is 5.65. The molecule has 0 saturated carbocycles. The Morgan fingerprint density at radius 1 is 1.05 bits per heavy atom. The fraction of sp³-hybridized carbons (Fsp3) is 0.286. The Morgan fingerprint density at radius 2 is 1.68 bits per heavy atom. The van der Waals surface area contributed by atoms with Crippen LogP contribution in [0, 0.1) is 0 Å². The molecule has 6 N–H and O–H groups in total. The molecule has 0 atom stereocenters. The lowest BCUT2D eigenvalue weighted by Crippen LogP contribution is -2.37. The molecule has 2 rings (SSSR count). The second kappa shape index (κ2) is 6.15. The second-order valence-corrected chi connectivity index (χ2v) is 4.41. The molecule has 0 aliphatic carbocycles. The first-order valence-electron chi connectivity index (χ1n) is 6.29. The van der Waals surface area contributed by atoms with E-state index >= 15 is 0 Å². The number of hydrogen-bond acceptors (Lipinski definition) is 5. The van der Waals surface area contributed by atoms with Crippen molar-refractivity contribution in [2.24, 2.45) is 17.2 Å². The predicted molar refractivity (Wildman–Crippen MR) is 76.4 cm³/mol. The van der Waals surface area contributed by atoms with Gasteiger partial charge in [0.2, 0.25) is 0 Å². The minimum absolute atomic E-state index is 0.279. The van der Waals surface area contributed by atoms with E-state index in [4.69, 9.17) is 21.9 Å². The highest BCUT2D eigenvalue weighted by atomic mass is 16.5. The summed E-state index contributed by atoms with van der Waals surface area (Å²) >= 11 is 0. The van der Waals surface area contributed by atoms with E-state index in [2.05, 4.69) is 4.90 Å². The molecular weight excluding hydrogens is 240 g/mol. The maximum atomic E-state index is 6.10. The molecular formula is C14H20N4O. The van der Waals surface area contributed by atoms with Gasteiger partial charge in [0.05, 0.1) is 18.9 Å². The molecule has 1 aliphatic heterocycles. The van der Waals surface area contributed by atoms with E-state index in [-0.39, 0.29) is 5.82 Å². The predicted octanol–water partition coefficient (Wildman–Crippen LogP) is 0.405. The maximum Gasteiger partial charge on any atom is 0.118 e. The van der Waals surface area contributed by atoms with Crippen LogP contribution in [0.15, 0.2) is 47.9 Å². The van der Waals surface area contributed by atoms with Crippen LogP contribution < -0.4 is 17.2 Å². The van der Waals surface area contributed by atoms with Gasteiger partial charge in [0, 0.05) is 18.8 Å². The van der Waals surface area contributed by atoms with Gasteiger partial charge < -0.3 is 26.8 Å². The number of morpholine rings is 1. The lowest BCUT2D eigenvalue weighted by atomic mass is 10.1. The second-order valence-electron chi connectivity index (χ2n) is 4.41. The molecule has 1 saturated heterocycles. The Morgan fingerprint density at radius 3 is 2.26 bits per heavy atom. The first-order chi connectivity index (χ1) is 9.18. The summed E-state index contributed by atoms with van der Waals surface area (Å²) in [4.78, 5) is 2.09. The van der Waals surface area contributed by atoms with E-state index < -0.39 is 0 Å². The third kappa shape index (κ3) is 3.42. The summed E-state index contributed by atoms with van der Waals surface area (Å²) in [6, 6.07) is 9.75. The number of nitrogens with two attached hydrogens (primary N) is 3. The van der Waals surface area contributed by atoms with Crippen molar-refractivity contribution in [1.29, 1.82) is 0 Å². The largest absolute Gasteiger partial charge is 0.398 e. The first-order valence-corrected chi connectivity index (χ1v) is 6.29. The minimum atomic E-state index is 0.279.